The minimum atomic E-state index is -0.102. The number of nitrogens with one attached hydrogen (secondary N) is 1. The summed E-state index contributed by atoms with van der Waals surface area (Å²) in [6.07, 6.45) is 3.59. The molecule has 0 radical (unpaired) electrons. The molecule has 2 rings (SSSR count). The van der Waals surface area contributed by atoms with E-state index in [1.54, 1.807) is 12.1 Å². The van der Waals surface area contributed by atoms with Crippen molar-refractivity contribution in [3.8, 4) is 0 Å². The van der Waals surface area contributed by atoms with Gasteiger partial charge >= 0.3 is 0 Å². The topological polar surface area (TPSA) is 15.3 Å². The summed E-state index contributed by atoms with van der Waals surface area (Å²) in [5.41, 5.74) is 0.789. The van der Waals surface area contributed by atoms with Gasteiger partial charge in [-0.1, -0.05) is 22.9 Å². The van der Waals surface area contributed by atoms with Crippen LogP contribution in [-0.4, -0.2) is 30.6 Å². The minimum absolute atomic E-state index is 0.102. The second-order valence-corrected chi connectivity index (χ2v) is 6.12. The third-order valence-corrected chi connectivity index (χ3v) is 4.18. The molecule has 1 heterocycles. The molecule has 1 saturated heterocycles. The quantitative estimate of drug-likeness (QED) is 0.803. The molecule has 106 valence electrons. The first kappa shape index (κ1) is 14.9. The largest absolute Gasteiger partial charge is 0.315 e. The Balaban J connectivity index is 1.95. The Kier molecular flexibility index (Phi) is 5.79. The fourth-order valence-electron chi connectivity index (χ4n) is 2.66. The summed E-state index contributed by atoms with van der Waals surface area (Å²) in [7, 11) is 0. The average Bonchev–Trinajstić information content (AvgIpc) is 2.82. The second-order valence-electron chi connectivity index (χ2n) is 5.21. The summed E-state index contributed by atoms with van der Waals surface area (Å²) in [5, 5.41) is 3.47. The predicted octanol–water partition coefficient (Wildman–Crippen LogP) is 3.55. The molecule has 0 aliphatic carbocycles. The van der Waals surface area contributed by atoms with E-state index in [1.165, 1.54) is 12.8 Å². The molecule has 0 aromatic heterocycles. The lowest BCUT2D eigenvalue weighted by atomic mass is 10.1. The first-order valence-electron chi connectivity index (χ1n) is 7.09. The molecular weight excluding hydrogens is 307 g/mol. The first-order chi connectivity index (χ1) is 9.20. The zero-order chi connectivity index (χ0) is 13.7. The van der Waals surface area contributed by atoms with Crippen LogP contribution in [0, 0.1) is 5.82 Å². The standard InChI is InChI=1S/C15H22BrFN2/c1-2-7-18-10-14-4-3-8-19(14)11-12-9-13(16)5-6-15(12)17/h5-6,9,14,18H,2-4,7-8,10-11H2,1H3. The van der Waals surface area contributed by atoms with Crippen molar-refractivity contribution in [3.63, 3.8) is 0 Å². The van der Waals surface area contributed by atoms with Gasteiger partial charge in [-0.05, 0) is 50.6 Å². The molecule has 1 aromatic rings. The number of hydrogen-bond donors (Lipinski definition) is 1. The van der Waals surface area contributed by atoms with Gasteiger partial charge in [0.1, 0.15) is 5.82 Å². The van der Waals surface area contributed by atoms with Gasteiger partial charge < -0.3 is 5.32 Å². The normalized spacial score (nSPS) is 20.1. The molecule has 0 bridgehead atoms. The first-order valence-corrected chi connectivity index (χ1v) is 7.88. The van der Waals surface area contributed by atoms with Crippen molar-refractivity contribution < 1.29 is 4.39 Å². The number of halogens is 2. The van der Waals surface area contributed by atoms with Gasteiger partial charge in [-0.15, -0.1) is 0 Å². The molecule has 0 saturated carbocycles. The highest BCUT2D eigenvalue weighted by molar-refractivity contribution is 9.10. The molecule has 19 heavy (non-hydrogen) atoms. The van der Waals surface area contributed by atoms with E-state index in [2.05, 4.69) is 33.1 Å². The molecule has 0 spiro atoms. The van der Waals surface area contributed by atoms with E-state index in [4.69, 9.17) is 0 Å². The van der Waals surface area contributed by atoms with Gasteiger partial charge in [0, 0.05) is 29.2 Å². The Morgan fingerprint density at radius 2 is 2.32 bits per heavy atom. The average molecular weight is 329 g/mol. The number of hydrogen-bond acceptors (Lipinski definition) is 2. The molecule has 4 heteroatoms. The van der Waals surface area contributed by atoms with Crippen molar-refractivity contribution in [2.75, 3.05) is 19.6 Å². The molecule has 1 N–H and O–H groups in total. The SMILES string of the molecule is CCCNCC1CCCN1Cc1cc(Br)ccc1F. The number of likely N-dealkylation sites (tertiary alicyclic amines) is 1. The van der Waals surface area contributed by atoms with Gasteiger partial charge in [0.2, 0.25) is 0 Å². The minimum Gasteiger partial charge on any atom is -0.315 e. The van der Waals surface area contributed by atoms with Gasteiger partial charge in [0.15, 0.2) is 0 Å². The maximum Gasteiger partial charge on any atom is 0.127 e. The van der Waals surface area contributed by atoms with Crippen molar-refractivity contribution in [3.05, 3.63) is 34.1 Å². The Labute approximate surface area is 123 Å². The highest BCUT2D eigenvalue weighted by Gasteiger charge is 2.24. The van der Waals surface area contributed by atoms with Gasteiger partial charge in [0.25, 0.3) is 0 Å². The lowest BCUT2D eigenvalue weighted by Crippen LogP contribution is -2.37. The third kappa shape index (κ3) is 4.26. The summed E-state index contributed by atoms with van der Waals surface area (Å²) in [4.78, 5) is 2.40. The fourth-order valence-corrected chi connectivity index (χ4v) is 3.07. The van der Waals surface area contributed by atoms with E-state index in [-0.39, 0.29) is 5.82 Å². The van der Waals surface area contributed by atoms with Gasteiger partial charge in [-0.3, -0.25) is 4.90 Å². The molecule has 2 nitrogen and oxygen atoms in total. The second kappa shape index (κ2) is 7.36. The van der Waals surface area contributed by atoms with E-state index in [9.17, 15) is 4.39 Å². The van der Waals surface area contributed by atoms with Gasteiger partial charge in [-0.2, -0.15) is 0 Å². The molecule has 1 unspecified atom stereocenters. The molecule has 1 atom stereocenters. The van der Waals surface area contributed by atoms with Crippen LogP contribution in [0.3, 0.4) is 0 Å². The molecule has 1 aromatic carbocycles. The van der Waals surface area contributed by atoms with Crippen LogP contribution in [0.4, 0.5) is 4.39 Å². The Morgan fingerprint density at radius 1 is 1.47 bits per heavy atom. The zero-order valence-corrected chi connectivity index (χ0v) is 13.0. The Bertz CT molecular complexity index is 411. The predicted molar refractivity (Wildman–Crippen MR) is 80.7 cm³/mol. The Morgan fingerprint density at radius 3 is 3.11 bits per heavy atom. The third-order valence-electron chi connectivity index (χ3n) is 3.69. The van der Waals surface area contributed by atoms with Crippen molar-refractivity contribution in [1.29, 1.82) is 0 Å². The van der Waals surface area contributed by atoms with Crippen molar-refractivity contribution in [2.24, 2.45) is 0 Å². The molecule has 1 fully saturated rings. The van der Waals surface area contributed by atoms with E-state index >= 15 is 0 Å². The summed E-state index contributed by atoms with van der Waals surface area (Å²) in [6, 6.07) is 5.73. The smallest absolute Gasteiger partial charge is 0.127 e. The van der Waals surface area contributed by atoms with Gasteiger partial charge in [-0.25, -0.2) is 4.39 Å². The maximum absolute atomic E-state index is 13.8. The zero-order valence-electron chi connectivity index (χ0n) is 11.5. The summed E-state index contributed by atoms with van der Waals surface area (Å²) >= 11 is 3.41. The van der Waals surface area contributed by atoms with Crippen LogP contribution < -0.4 is 5.32 Å². The van der Waals surface area contributed by atoms with Crippen LogP contribution in [0.25, 0.3) is 0 Å². The summed E-state index contributed by atoms with van der Waals surface area (Å²) in [5.74, 6) is -0.102. The van der Waals surface area contributed by atoms with Crippen LogP contribution in [0.5, 0.6) is 0 Å². The fraction of sp³-hybridized carbons (Fsp3) is 0.600. The highest BCUT2D eigenvalue weighted by atomic mass is 79.9. The number of rotatable bonds is 6. The Hall–Kier alpha value is -0.450. The van der Waals surface area contributed by atoms with E-state index in [0.29, 0.717) is 12.6 Å². The van der Waals surface area contributed by atoms with Crippen LogP contribution in [0.1, 0.15) is 31.7 Å². The summed E-state index contributed by atoms with van der Waals surface area (Å²) in [6.45, 7) is 6.05. The highest BCUT2D eigenvalue weighted by Crippen LogP contribution is 2.22. The molecular formula is C15H22BrFN2. The van der Waals surface area contributed by atoms with Crippen molar-refractivity contribution >= 4 is 15.9 Å². The monoisotopic (exact) mass is 328 g/mol. The number of nitrogens with zero attached hydrogens (tertiary/aromatic N) is 1. The molecule has 0 amide bonds. The van der Waals surface area contributed by atoms with Crippen LogP contribution in [0.2, 0.25) is 0 Å². The van der Waals surface area contributed by atoms with Crippen molar-refractivity contribution in [1.82, 2.24) is 10.2 Å². The molecule has 1 aliphatic heterocycles. The summed E-state index contributed by atoms with van der Waals surface area (Å²) < 4.78 is 14.7. The lowest BCUT2D eigenvalue weighted by Gasteiger charge is -2.25. The maximum atomic E-state index is 13.8. The number of benzene rings is 1. The van der Waals surface area contributed by atoms with E-state index in [1.807, 2.05) is 6.07 Å². The lowest BCUT2D eigenvalue weighted by molar-refractivity contribution is 0.236. The van der Waals surface area contributed by atoms with E-state index in [0.717, 1.165) is 36.1 Å². The van der Waals surface area contributed by atoms with Crippen LogP contribution in [0.15, 0.2) is 22.7 Å². The van der Waals surface area contributed by atoms with Crippen molar-refractivity contribution in [2.45, 2.75) is 38.8 Å². The molecule has 1 aliphatic rings. The van der Waals surface area contributed by atoms with Gasteiger partial charge in [0.05, 0.1) is 0 Å². The van der Waals surface area contributed by atoms with E-state index < -0.39 is 0 Å². The van der Waals surface area contributed by atoms with Crippen LogP contribution >= 0.6 is 15.9 Å². The van der Waals surface area contributed by atoms with Crippen LogP contribution in [-0.2, 0) is 6.54 Å².